The number of hydrogen-bond acceptors (Lipinski definition) is 3. The van der Waals surface area contributed by atoms with Crippen LogP contribution in [0.2, 0.25) is 0 Å². The molecular formula is C13H12F3N3O. The second-order valence-electron chi connectivity index (χ2n) is 4.42. The quantitative estimate of drug-likeness (QED) is 0.921. The van der Waals surface area contributed by atoms with Crippen LogP contribution in [-0.2, 0) is 6.18 Å². The third kappa shape index (κ3) is 2.98. The van der Waals surface area contributed by atoms with Crippen LogP contribution in [0, 0.1) is 0 Å². The van der Waals surface area contributed by atoms with Crippen molar-refractivity contribution in [1.82, 2.24) is 9.97 Å². The lowest BCUT2D eigenvalue weighted by atomic mass is 10.1. The van der Waals surface area contributed by atoms with Gasteiger partial charge >= 0.3 is 11.9 Å². The minimum absolute atomic E-state index is 0.00798. The van der Waals surface area contributed by atoms with E-state index in [0.29, 0.717) is 5.56 Å². The Morgan fingerprint density at radius 2 is 1.75 bits per heavy atom. The Balaban J connectivity index is 2.47. The van der Waals surface area contributed by atoms with Crippen LogP contribution in [0.25, 0.3) is 11.3 Å². The van der Waals surface area contributed by atoms with Gasteiger partial charge < -0.3 is 9.88 Å². The van der Waals surface area contributed by atoms with Gasteiger partial charge in [0.1, 0.15) is 5.69 Å². The molecule has 1 aromatic heterocycles. The smallest absolute Gasteiger partial charge is 0.378 e. The molecule has 1 aromatic carbocycles. The molecule has 106 valence electrons. The van der Waals surface area contributed by atoms with Gasteiger partial charge in [-0.05, 0) is 18.2 Å². The molecule has 0 unspecified atom stereocenters. The van der Waals surface area contributed by atoms with Gasteiger partial charge in [-0.15, -0.1) is 0 Å². The van der Waals surface area contributed by atoms with Crippen molar-refractivity contribution < 1.29 is 13.2 Å². The molecule has 0 aliphatic heterocycles. The highest BCUT2D eigenvalue weighted by Gasteiger charge is 2.32. The van der Waals surface area contributed by atoms with Gasteiger partial charge in [-0.1, -0.05) is 12.1 Å². The molecule has 0 aliphatic carbocycles. The molecule has 0 fully saturated rings. The van der Waals surface area contributed by atoms with Crippen LogP contribution < -0.4 is 10.6 Å². The fourth-order valence-corrected chi connectivity index (χ4v) is 1.69. The second kappa shape index (κ2) is 4.99. The van der Waals surface area contributed by atoms with Gasteiger partial charge in [-0.25, -0.2) is 4.79 Å². The highest BCUT2D eigenvalue weighted by Crippen LogP contribution is 2.29. The molecule has 1 heterocycles. The number of benzene rings is 1. The predicted molar refractivity (Wildman–Crippen MR) is 69.6 cm³/mol. The summed E-state index contributed by atoms with van der Waals surface area (Å²) in [6.45, 7) is 0. The van der Waals surface area contributed by atoms with Crippen molar-refractivity contribution in [3.63, 3.8) is 0 Å². The lowest BCUT2D eigenvalue weighted by Crippen LogP contribution is -2.19. The van der Waals surface area contributed by atoms with Crippen LogP contribution in [0.3, 0.4) is 0 Å². The number of anilines is 1. The fourth-order valence-electron chi connectivity index (χ4n) is 1.69. The van der Waals surface area contributed by atoms with Crippen LogP contribution in [0.1, 0.15) is 5.69 Å². The minimum atomic E-state index is -4.61. The van der Waals surface area contributed by atoms with Crippen molar-refractivity contribution in [2.24, 2.45) is 0 Å². The van der Waals surface area contributed by atoms with E-state index >= 15 is 0 Å². The lowest BCUT2D eigenvalue weighted by molar-refractivity contribution is -0.141. The normalized spacial score (nSPS) is 11.4. The van der Waals surface area contributed by atoms with E-state index < -0.39 is 17.6 Å². The maximum atomic E-state index is 12.6. The molecule has 7 heteroatoms. The lowest BCUT2D eigenvalue weighted by Gasteiger charge is -2.13. The number of halogens is 3. The molecule has 1 N–H and O–H groups in total. The van der Waals surface area contributed by atoms with Gasteiger partial charge in [0.2, 0.25) is 0 Å². The first-order chi connectivity index (χ1) is 9.27. The number of nitrogens with zero attached hydrogens (tertiary/aromatic N) is 2. The first kappa shape index (κ1) is 14.1. The van der Waals surface area contributed by atoms with E-state index in [1.807, 2.05) is 19.0 Å². The molecule has 0 saturated heterocycles. The highest BCUT2D eigenvalue weighted by atomic mass is 19.4. The van der Waals surface area contributed by atoms with Crippen molar-refractivity contribution in [3.05, 3.63) is 46.5 Å². The molecule has 0 spiro atoms. The SMILES string of the molecule is CN(C)c1ccc(-c2cc(C(F)(F)F)[nH]c(=O)n2)cc1. The minimum Gasteiger partial charge on any atom is -0.378 e. The number of alkyl halides is 3. The van der Waals surface area contributed by atoms with Crippen molar-refractivity contribution in [1.29, 1.82) is 0 Å². The average Bonchev–Trinajstić information content (AvgIpc) is 2.37. The van der Waals surface area contributed by atoms with Gasteiger partial charge in [-0.3, -0.25) is 0 Å². The Bertz CT molecular complexity index is 660. The monoisotopic (exact) mass is 283 g/mol. The van der Waals surface area contributed by atoms with Crippen LogP contribution in [0.5, 0.6) is 0 Å². The van der Waals surface area contributed by atoms with Crippen LogP contribution in [0.15, 0.2) is 35.1 Å². The van der Waals surface area contributed by atoms with Gasteiger partial charge in [0.05, 0.1) is 5.69 Å². The van der Waals surface area contributed by atoms with Crippen molar-refractivity contribution in [2.75, 3.05) is 19.0 Å². The zero-order valence-corrected chi connectivity index (χ0v) is 10.8. The van der Waals surface area contributed by atoms with E-state index in [0.717, 1.165) is 11.8 Å². The maximum Gasteiger partial charge on any atom is 0.431 e. The number of aromatic nitrogens is 2. The van der Waals surface area contributed by atoms with Gasteiger partial charge in [-0.2, -0.15) is 18.2 Å². The van der Waals surface area contributed by atoms with Crippen molar-refractivity contribution >= 4 is 5.69 Å². The van der Waals surface area contributed by atoms with Crippen molar-refractivity contribution in [3.8, 4) is 11.3 Å². The molecule has 0 radical (unpaired) electrons. The Labute approximate surface area is 112 Å². The van der Waals surface area contributed by atoms with Crippen LogP contribution in [0.4, 0.5) is 18.9 Å². The largest absolute Gasteiger partial charge is 0.431 e. The third-order valence-electron chi connectivity index (χ3n) is 2.73. The average molecular weight is 283 g/mol. The van der Waals surface area contributed by atoms with E-state index in [9.17, 15) is 18.0 Å². The summed E-state index contributed by atoms with van der Waals surface area (Å²) in [6, 6.07) is 7.55. The van der Waals surface area contributed by atoms with E-state index in [1.165, 1.54) is 0 Å². The second-order valence-corrected chi connectivity index (χ2v) is 4.42. The first-order valence-corrected chi connectivity index (χ1v) is 5.74. The van der Waals surface area contributed by atoms with E-state index in [2.05, 4.69) is 4.98 Å². The summed E-state index contributed by atoms with van der Waals surface area (Å²) in [4.78, 5) is 18.3. The standard InChI is InChI=1S/C13H12F3N3O/c1-19(2)9-5-3-8(4-6-9)10-7-11(13(14,15)16)18-12(20)17-10/h3-7H,1-2H3,(H,17,18,20). The van der Waals surface area contributed by atoms with Gasteiger partial charge in [0.15, 0.2) is 0 Å². The number of rotatable bonds is 2. The number of hydrogen-bond donors (Lipinski definition) is 1. The summed E-state index contributed by atoms with van der Waals surface area (Å²) in [5.74, 6) is 0. The molecule has 0 amide bonds. The van der Waals surface area contributed by atoms with Crippen molar-refractivity contribution in [2.45, 2.75) is 6.18 Å². The number of nitrogens with one attached hydrogen (secondary N) is 1. The molecule has 0 bridgehead atoms. The zero-order chi connectivity index (χ0) is 14.9. The molecule has 20 heavy (non-hydrogen) atoms. The summed E-state index contributed by atoms with van der Waals surface area (Å²) in [5, 5.41) is 0. The molecule has 4 nitrogen and oxygen atoms in total. The summed E-state index contributed by atoms with van der Waals surface area (Å²) >= 11 is 0. The Morgan fingerprint density at radius 3 is 2.25 bits per heavy atom. The van der Waals surface area contributed by atoms with E-state index in [1.54, 1.807) is 29.2 Å². The maximum absolute atomic E-state index is 12.6. The van der Waals surface area contributed by atoms with E-state index in [-0.39, 0.29) is 5.69 Å². The fraction of sp³-hybridized carbons (Fsp3) is 0.231. The Kier molecular flexibility index (Phi) is 3.52. The highest BCUT2D eigenvalue weighted by molar-refractivity contribution is 5.63. The van der Waals surface area contributed by atoms with E-state index in [4.69, 9.17) is 0 Å². The van der Waals surface area contributed by atoms with Crippen LogP contribution >= 0.6 is 0 Å². The molecule has 0 saturated carbocycles. The van der Waals surface area contributed by atoms with Gasteiger partial charge in [0.25, 0.3) is 0 Å². The zero-order valence-electron chi connectivity index (χ0n) is 10.8. The topological polar surface area (TPSA) is 49.0 Å². The predicted octanol–water partition coefficient (Wildman–Crippen LogP) is 2.52. The molecule has 2 aromatic rings. The third-order valence-corrected chi connectivity index (χ3v) is 2.73. The van der Waals surface area contributed by atoms with Gasteiger partial charge in [0, 0.05) is 25.3 Å². The van der Waals surface area contributed by atoms with Crippen LogP contribution in [-0.4, -0.2) is 24.1 Å². The molecule has 0 aliphatic rings. The summed E-state index contributed by atoms with van der Waals surface area (Å²) < 4.78 is 37.9. The molecule has 0 atom stereocenters. The Morgan fingerprint density at radius 1 is 1.15 bits per heavy atom. The number of aromatic amines is 1. The molecule has 2 rings (SSSR count). The Hall–Kier alpha value is -2.31. The number of H-pyrrole nitrogens is 1. The molecular weight excluding hydrogens is 271 g/mol. The summed E-state index contributed by atoms with van der Waals surface area (Å²) in [7, 11) is 3.70. The first-order valence-electron chi connectivity index (χ1n) is 5.74. The summed E-state index contributed by atoms with van der Waals surface area (Å²) in [5.41, 5.74) is -0.788. The summed E-state index contributed by atoms with van der Waals surface area (Å²) in [6.07, 6.45) is -4.61.